The molecule has 0 aliphatic rings. The molecule has 2 rings (SSSR count). The van der Waals surface area contributed by atoms with Gasteiger partial charge in [0.25, 0.3) is 0 Å². The summed E-state index contributed by atoms with van der Waals surface area (Å²) in [4.78, 5) is 11.7. The molecule has 0 unspecified atom stereocenters. The molecule has 104 valence electrons. The Hall–Kier alpha value is -2.50. The van der Waals surface area contributed by atoms with E-state index in [2.05, 4.69) is 5.32 Å². The van der Waals surface area contributed by atoms with Crippen LogP contribution in [0.2, 0.25) is 0 Å². The van der Waals surface area contributed by atoms with Crippen LogP contribution in [0.4, 0.5) is 24.5 Å². The summed E-state index contributed by atoms with van der Waals surface area (Å²) in [6.07, 6.45) is -0.261. The molecule has 3 nitrogen and oxygen atoms in total. The van der Waals surface area contributed by atoms with Crippen molar-refractivity contribution in [3.8, 4) is 0 Å². The fourth-order valence-corrected chi connectivity index (χ4v) is 1.67. The number of hydrogen-bond acceptors (Lipinski definition) is 2. The standard InChI is InChI=1S/C14H11F3N2O/c15-9-4-2-1-3-8(9)5-14(20)19-13-7-12(18)10(16)6-11(13)17/h1-4,6-7H,5,18H2,(H,19,20). The van der Waals surface area contributed by atoms with Gasteiger partial charge in [-0.15, -0.1) is 0 Å². The number of carbonyl (C=O) groups is 1. The van der Waals surface area contributed by atoms with Gasteiger partial charge < -0.3 is 11.1 Å². The molecule has 2 aromatic rings. The Labute approximate surface area is 113 Å². The number of carbonyl (C=O) groups excluding carboxylic acids is 1. The highest BCUT2D eigenvalue weighted by Crippen LogP contribution is 2.21. The molecule has 1 amide bonds. The van der Waals surface area contributed by atoms with E-state index in [0.717, 1.165) is 6.07 Å². The van der Waals surface area contributed by atoms with Crippen LogP contribution in [-0.4, -0.2) is 5.91 Å². The summed E-state index contributed by atoms with van der Waals surface area (Å²) in [5.41, 5.74) is 4.94. The predicted octanol–water partition coefficient (Wildman–Crippen LogP) is 2.87. The van der Waals surface area contributed by atoms with E-state index in [-0.39, 0.29) is 23.4 Å². The number of halogens is 3. The van der Waals surface area contributed by atoms with E-state index >= 15 is 0 Å². The van der Waals surface area contributed by atoms with Gasteiger partial charge in [0.05, 0.1) is 17.8 Å². The molecule has 0 aliphatic carbocycles. The van der Waals surface area contributed by atoms with Crippen molar-refractivity contribution in [2.75, 3.05) is 11.1 Å². The Morgan fingerprint density at radius 2 is 1.75 bits per heavy atom. The Balaban J connectivity index is 2.13. The zero-order valence-corrected chi connectivity index (χ0v) is 10.3. The van der Waals surface area contributed by atoms with Crippen molar-refractivity contribution in [3.63, 3.8) is 0 Å². The molecule has 0 radical (unpaired) electrons. The van der Waals surface area contributed by atoms with Crippen LogP contribution in [0.3, 0.4) is 0 Å². The number of nitrogens with two attached hydrogens (primary N) is 1. The lowest BCUT2D eigenvalue weighted by Gasteiger charge is -2.08. The smallest absolute Gasteiger partial charge is 0.228 e. The summed E-state index contributed by atoms with van der Waals surface area (Å²) in [5, 5.41) is 2.23. The Morgan fingerprint density at radius 1 is 1.05 bits per heavy atom. The molecule has 0 fully saturated rings. The van der Waals surface area contributed by atoms with Crippen molar-refractivity contribution in [3.05, 3.63) is 59.4 Å². The average Bonchev–Trinajstić information content (AvgIpc) is 2.39. The molecule has 2 aromatic carbocycles. The van der Waals surface area contributed by atoms with Crippen LogP contribution in [-0.2, 0) is 11.2 Å². The average molecular weight is 280 g/mol. The van der Waals surface area contributed by atoms with E-state index in [9.17, 15) is 18.0 Å². The van der Waals surface area contributed by atoms with E-state index in [0.29, 0.717) is 6.07 Å². The van der Waals surface area contributed by atoms with Gasteiger partial charge in [0.2, 0.25) is 5.91 Å². The summed E-state index contributed by atoms with van der Waals surface area (Å²) in [6.45, 7) is 0. The second-order valence-corrected chi connectivity index (χ2v) is 4.17. The highest BCUT2D eigenvalue weighted by Gasteiger charge is 2.12. The number of anilines is 2. The van der Waals surface area contributed by atoms with Crippen molar-refractivity contribution in [1.29, 1.82) is 0 Å². The van der Waals surface area contributed by atoms with Gasteiger partial charge in [0.1, 0.15) is 17.5 Å². The number of nitrogen functional groups attached to an aromatic ring is 1. The summed E-state index contributed by atoms with van der Waals surface area (Å²) in [5.74, 6) is -3.00. The SMILES string of the molecule is Nc1cc(NC(=O)Cc2ccccc2F)c(F)cc1F. The third-order valence-corrected chi connectivity index (χ3v) is 2.67. The minimum Gasteiger partial charge on any atom is -0.396 e. The quantitative estimate of drug-likeness (QED) is 0.849. The lowest BCUT2D eigenvalue weighted by Crippen LogP contribution is -2.16. The van der Waals surface area contributed by atoms with E-state index in [1.807, 2.05) is 0 Å². The fraction of sp³-hybridized carbons (Fsp3) is 0.0714. The van der Waals surface area contributed by atoms with Crippen LogP contribution in [0.25, 0.3) is 0 Å². The van der Waals surface area contributed by atoms with Crippen LogP contribution < -0.4 is 11.1 Å². The summed E-state index contributed by atoms with van der Waals surface area (Å²) < 4.78 is 39.8. The van der Waals surface area contributed by atoms with Gasteiger partial charge in [0, 0.05) is 6.07 Å². The normalized spacial score (nSPS) is 10.3. The third-order valence-electron chi connectivity index (χ3n) is 2.67. The Bertz CT molecular complexity index is 659. The van der Waals surface area contributed by atoms with E-state index in [1.165, 1.54) is 18.2 Å². The van der Waals surface area contributed by atoms with Crippen molar-refractivity contribution >= 4 is 17.3 Å². The van der Waals surface area contributed by atoms with Crippen LogP contribution in [0.1, 0.15) is 5.56 Å². The molecule has 0 aromatic heterocycles. The first-order valence-electron chi connectivity index (χ1n) is 5.75. The van der Waals surface area contributed by atoms with Crippen molar-refractivity contribution < 1.29 is 18.0 Å². The maximum absolute atomic E-state index is 13.4. The molecule has 0 saturated heterocycles. The number of nitrogens with one attached hydrogen (secondary N) is 1. The molecular formula is C14H11F3N2O. The van der Waals surface area contributed by atoms with Gasteiger partial charge in [0.15, 0.2) is 0 Å². The second-order valence-electron chi connectivity index (χ2n) is 4.17. The summed E-state index contributed by atoms with van der Waals surface area (Å²) >= 11 is 0. The van der Waals surface area contributed by atoms with Gasteiger partial charge in [-0.25, -0.2) is 13.2 Å². The van der Waals surface area contributed by atoms with Crippen LogP contribution in [0, 0.1) is 17.5 Å². The predicted molar refractivity (Wildman–Crippen MR) is 69.5 cm³/mol. The molecule has 0 aliphatic heterocycles. The monoisotopic (exact) mass is 280 g/mol. The number of benzene rings is 2. The molecule has 0 atom stereocenters. The first kappa shape index (κ1) is 13.9. The number of amides is 1. The van der Waals surface area contributed by atoms with Gasteiger partial charge in [-0.3, -0.25) is 4.79 Å². The number of hydrogen-bond donors (Lipinski definition) is 2. The highest BCUT2D eigenvalue weighted by atomic mass is 19.1. The van der Waals surface area contributed by atoms with Crippen LogP contribution >= 0.6 is 0 Å². The van der Waals surface area contributed by atoms with Crippen molar-refractivity contribution in [2.24, 2.45) is 0 Å². The Morgan fingerprint density at radius 3 is 2.45 bits per heavy atom. The molecule has 3 N–H and O–H groups in total. The van der Waals surface area contributed by atoms with E-state index in [1.54, 1.807) is 6.07 Å². The maximum Gasteiger partial charge on any atom is 0.228 e. The van der Waals surface area contributed by atoms with Crippen molar-refractivity contribution in [1.82, 2.24) is 0 Å². The zero-order valence-electron chi connectivity index (χ0n) is 10.3. The van der Waals surface area contributed by atoms with Gasteiger partial charge in [-0.05, 0) is 17.7 Å². The Kier molecular flexibility index (Phi) is 3.93. The van der Waals surface area contributed by atoms with E-state index < -0.39 is 23.4 Å². The first-order chi connectivity index (χ1) is 9.47. The highest BCUT2D eigenvalue weighted by molar-refractivity contribution is 5.92. The topological polar surface area (TPSA) is 55.1 Å². The van der Waals surface area contributed by atoms with Gasteiger partial charge in [-0.1, -0.05) is 18.2 Å². The minimum atomic E-state index is -0.946. The van der Waals surface area contributed by atoms with E-state index in [4.69, 9.17) is 5.73 Å². The lowest BCUT2D eigenvalue weighted by molar-refractivity contribution is -0.115. The maximum atomic E-state index is 13.4. The lowest BCUT2D eigenvalue weighted by atomic mass is 10.1. The molecule has 0 spiro atoms. The summed E-state index contributed by atoms with van der Waals surface area (Å²) in [7, 11) is 0. The first-order valence-corrected chi connectivity index (χ1v) is 5.75. The molecule has 0 saturated carbocycles. The zero-order chi connectivity index (χ0) is 14.7. The largest absolute Gasteiger partial charge is 0.396 e. The fourth-order valence-electron chi connectivity index (χ4n) is 1.67. The second kappa shape index (κ2) is 5.64. The minimum absolute atomic E-state index is 0.181. The van der Waals surface area contributed by atoms with Crippen LogP contribution in [0.15, 0.2) is 36.4 Å². The van der Waals surface area contributed by atoms with Gasteiger partial charge in [-0.2, -0.15) is 0 Å². The van der Waals surface area contributed by atoms with Crippen LogP contribution in [0.5, 0.6) is 0 Å². The molecular weight excluding hydrogens is 269 g/mol. The molecule has 20 heavy (non-hydrogen) atoms. The molecule has 6 heteroatoms. The molecule has 0 bridgehead atoms. The third kappa shape index (κ3) is 3.09. The van der Waals surface area contributed by atoms with Gasteiger partial charge >= 0.3 is 0 Å². The molecule has 0 heterocycles. The number of rotatable bonds is 3. The van der Waals surface area contributed by atoms with Crippen molar-refractivity contribution in [2.45, 2.75) is 6.42 Å². The summed E-state index contributed by atoms with van der Waals surface area (Å²) in [6, 6.07) is 7.31.